The average Bonchev–Trinajstić information content (AvgIpc) is 2.42. The number of carboxylic acid groups (broad SMARTS) is 1. The Morgan fingerprint density at radius 3 is 2.75 bits per heavy atom. The number of hydrogen-bond acceptors (Lipinski definition) is 3. The van der Waals surface area contributed by atoms with Crippen molar-refractivity contribution in [2.75, 3.05) is 5.32 Å². The normalized spacial score (nSPS) is 22.3. The molecule has 1 aromatic heterocycles. The fourth-order valence-corrected chi connectivity index (χ4v) is 2.99. The molecular formula is C14H17BrN2O3. The fourth-order valence-electron chi connectivity index (χ4n) is 2.54. The number of rotatable bonds is 3. The monoisotopic (exact) mass is 340 g/mol. The Balaban J connectivity index is 2.02. The minimum atomic E-state index is -0.805. The summed E-state index contributed by atoms with van der Waals surface area (Å²) in [5, 5.41) is 11.9. The van der Waals surface area contributed by atoms with Crippen LogP contribution < -0.4 is 5.32 Å². The largest absolute Gasteiger partial charge is 0.481 e. The van der Waals surface area contributed by atoms with Gasteiger partial charge in [0, 0.05) is 16.6 Å². The third-order valence-electron chi connectivity index (χ3n) is 3.68. The molecular weight excluding hydrogens is 324 g/mol. The van der Waals surface area contributed by atoms with Gasteiger partial charge in [-0.1, -0.05) is 6.42 Å². The molecule has 1 aliphatic rings. The van der Waals surface area contributed by atoms with Crippen molar-refractivity contribution >= 4 is 33.6 Å². The highest BCUT2D eigenvalue weighted by Crippen LogP contribution is 2.30. The SMILES string of the molecule is Cc1cc(Br)cnc1NC(=O)C1CCCC(C(=O)O)C1. The maximum Gasteiger partial charge on any atom is 0.306 e. The van der Waals surface area contributed by atoms with E-state index in [1.807, 2.05) is 13.0 Å². The second-order valence-electron chi connectivity index (χ2n) is 5.21. The molecule has 0 aromatic carbocycles. The molecule has 0 saturated heterocycles. The van der Waals surface area contributed by atoms with Crippen molar-refractivity contribution in [3.05, 3.63) is 22.3 Å². The van der Waals surface area contributed by atoms with Crippen LogP contribution in [0.4, 0.5) is 5.82 Å². The van der Waals surface area contributed by atoms with Gasteiger partial charge in [-0.25, -0.2) is 4.98 Å². The zero-order valence-electron chi connectivity index (χ0n) is 11.2. The summed E-state index contributed by atoms with van der Waals surface area (Å²) in [6, 6.07) is 1.88. The van der Waals surface area contributed by atoms with Crippen LogP contribution in [0, 0.1) is 18.8 Å². The summed E-state index contributed by atoms with van der Waals surface area (Å²) in [7, 11) is 0. The average molecular weight is 341 g/mol. The second-order valence-corrected chi connectivity index (χ2v) is 6.12. The van der Waals surface area contributed by atoms with Crippen LogP contribution in [-0.2, 0) is 9.59 Å². The molecule has 2 rings (SSSR count). The maximum absolute atomic E-state index is 12.2. The lowest BCUT2D eigenvalue weighted by Gasteiger charge is -2.25. The lowest BCUT2D eigenvalue weighted by atomic mass is 9.81. The molecule has 1 amide bonds. The number of carboxylic acids is 1. The van der Waals surface area contributed by atoms with Gasteiger partial charge in [0.15, 0.2) is 0 Å². The quantitative estimate of drug-likeness (QED) is 0.886. The molecule has 2 N–H and O–H groups in total. The highest BCUT2D eigenvalue weighted by molar-refractivity contribution is 9.10. The summed E-state index contributed by atoms with van der Waals surface area (Å²) >= 11 is 3.32. The van der Waals surface area contributed by atoms with Crippen LogP contribution in [0.15, 0.2) is 16.7 Å². The van der Waals surface area contributed by atoms with E-state index in [4.69, 9.17) is 5.11 Å². The van der Waals surface area contributed by atoms with E-state index in [1.165, 1.54) is 0 Å². The summed E-state index contributed by atoms with van der Waals surface area (Å²) < 4.78 is 0.858. The zero-order valence-corrected chi connectivity index (χ0v) is 12.8. The molecule has 5 nitrogen and oxygen atoms in total. The van der Waals surface area contributed by atoms with Gasteiger partial charge in [0.05, 0.1) is 5.92 Å². The van der Waals surface area contributed by atoms with Gasteiger partial charge in [-0.3, -0.25) is 9.59 Å². The molecule has 1 saturated carbocycles. The number of carbonyl (C=O) groups excluding carboxylic acids is 1. The minimum Gasteiger partial charge on any atom is -0.481 e. The second kappa shape index (κ2) is 6.35. The number of nitrogens with zero attached hydrogens (tertiary/aromatic N) is 1. The van der Waals surface area contributed by atoms with Crippen LogP contribution in [0.2, 0.25) is 0 Å². The van der Waals surface area contributed by atoms with E-state index in [2.05, 4.69) is 26.2 Å². The Morgan fingerprint density at radius 1 is 1.40 bits per heavy atom. The Kier molecular flexibility index (Phi) is 4.75. The van der Waals surface area contributed by atoms with Crippen LogP contribution in [0.25, 0.3) is 0 Å². The first-order valence-corrected chi connectivity index (χ1v) is 7.42. The summed E-state index contributed by atoms with van der Waals surface area (Å²) in [6.07, 6.45) is 4.22. The van der Waals surface area contributed by atoms with Gasteiger partial charge in [-0.2, -0.15) is 0 Å². The molecule has 1 fully saturated rings. The number of anilines is 1. The molecule has 108 valence electrons. The van der Waals surface area contributed by atoms with Crippen molar-refractivity contribution in [1.29, 1.82) is 0 Å². The van der Waals surface area contributed by atoms with E-state index in [1.54, 1.807) is 6.20 Å². The molecule has 0 spiro atoms. The summed E-state index contributed by atoms with van der Waals surface area (Å²) in [5.41, 5.74) is 0.873. The number of pyridine rings is 1. The number of halogens is 1. The Bertz CT molecular complexity index is 533. The van der Waals surface area contributed by atoms with Crippen LogP contribution in [0.3, 0.4) is 0 Å². The van der Waals surface area contributed by atoms with Crippen LogP contribution in [0.1, 0.15) is 31.2 Å². The van der Waals surface area contributed by atoms with Gasteiger partial charge in [-0.15, -0.1) is 0 Å². The molecule has 2 unspecified atom stereocenters. The van der Waals surface area contributed by atoms with Crippen molar-refractivity contribution in [2.45, 2.75) is 32.6 Å². The topological polar surface area (TPSA) is 79.3 Å². The molecule has 1 heterocycles. The molecule has 2 atom stereocenters. The van der Waals surface area contributed by atoms with Crippen LogP contribution in [0.5, 0.6) is 0 Å². The van der Waals surface area contributed by atoms with Gasteiger partial charge in [0.1, 0.15) is 5.82 Å². The van der Waals surface area contributed by atoms with E-state index in [-0.39, 0.29) is 11.8 Å². The molecule has 1 aliphatic carbocycles. The van der Waals surface area contributed by atoms with Crippen LogP contribution in [-0.4, -0.2) is 22.0 Å². The summed E-state index contributed by atoms with van der Waals surface area (Å²) in [4.78, 5) is 27.4. The Labute approximate surface area is 125 Å². The number of amides is 1. The van der Waals surface area contributed by atoms with Crippen molar-refractivity contribution in [3.8, 4) is 0 Å². The van der Waals surface area contributed by atoms with Crippen molar-refractivity contribution in [3.63, 3.8) is 0 Å². The standard InChI is InChI=1S/C14H17BrN2O3/c1-8-5-11(15)7-16-12(8)17-13(18)9-3-2-4-10(6-9)14(19)20/h5,7,9-10H,2-4,6H2,1H3,(H,19,20)(H,16,17,18). The van der Waals surface area contributed by atoms with Crippen molar-refractivity contribution < 1.29 is 14.7 Å². The number of carbonyl (C=O) groups is 2. The molecule has 0 aliphatic heterocycles. The molecule has 1 aromatic rings. The van der Waals surface area contributed by atoms with E-state index in [0.717, 1.165) is 22.9 Å². The lowest BCUT2D eigenvalue weighted by molar-refractivity contribution is -0.143. The van der Waals surface area contributed by atoms with E-state index < -0.39 is 11.9 Å². The van der Waals surface area contributed by atoms with E-state index in [0.29, 0.717) is 18.7 Å². The van der Waals surface area contributed by atoms with Crippen molar-refractivity contribution in [1.82, 2.24) is 4.98 Å². The number of nitrogens with one attached hydrogen (secondary N) is 1. The third-order valence-corrected chi connectivity index (χ3v) is 4.11. The Morgan fingerprint density at radius 2 is 2.10 bits per heavy atom. The zero-order chi connectivity index (χ0) is 14.7. The first-order chi connectivity index (χ1) is 9.47. The molecule has 0 radical (unpaired) electrons. The van der Waals surface area contributed by atoms with Gasteiger partial charge in [-0.05, 0) is 53.7 Å². The minimum absolute atomic E-state index is 0.131. The van der Waals surface area contributed by atoms with Gasteiger partial charge in [0.2, 0.25) is 5.91 Å². The lowest BCUT2D eigenvalue weighted by Crippen LogP contribution is -2.31. The highest BCUT2D eigenvalue weighted by Gasteiger charge is 2.31. The van der Waals surface area contributed by atoms with Gasteiger partial charge < -0.3 is 10.4 Å². The predicted molar refractivity (Wildman–Crippen MR) is 78.4 cm³/mol. The molecule has 0 bridgehead atoms. The number of aryl methyl sites for hydroxylation is 1. The first kappa shape index (κ1) is 15.0. The summed E-state index contributed by atoms with van der Waals surface area (Å²) in [5.74, 6) is -1.04. The molecule has 20 heavy (non-hydrogen) atoms. The van der Waals surface area contributed by atoms with E-state index in [9.17, 15) is 9.59 Å². The highest BCUT2D eigenvalue weighted by atomic mass is 79.9. The predicted octanol–water partition coefficient (Wildman–Crippen LogP) is 2.98. The van der Waals surface area contributed by atoms with Gasteiger partial charge >= 0.3 is 5.97 Å². The van der Waals surface area contributed by atoms with Crippen molar-refractivity contribution in [2.24, 2.45) is 11.8 Å². The first-order valence-electron chi connectivity index (χ1n) is 6.63. The smallest absolute Gasteiger partial charge is 0.306 e. The maximum atomic E-state index is 12.2. The number of aliphatic carboxylic acids is 1. The van der Waals surface area contributed by atoms with Crippen LogP contribution >= 0.6 is 15.9 Å². The Hall–Kier alpha value is -1.43. The summed E-state index contributed by atoms with van der Waals surface area (Å²) in [6.45, 7) is 1.87. The van der Waals surface area contributed by atoms with Gasteiger partial charge in [0.25, 0.3) is 0 Å². The number of aromatic nitrogens is 1. The van der Waals surface area contributed by atoms with E-state index >= 15 is 0 Å². The number of hydrogen-bond donors (Lipinski definition) is 2. The molecule has 6 heteroatoms. The fraction of sp³-hybridized carbons (Fsp3) is 0.500. The third kappa shape index (κ3) is 3.56.